The zero-order valence-corrected chi connectivity index (χ0v) is 34.3. The number of aromatic nitrogens is 3. The maximum absolute atomic E-state index is 5.66. The van der Waals surface area contributed by atoms with Gasteiger partial charge in [0.2, 0.25) is 0 Å². The number of pyridine rings is 2. The number of nitrogens with zero attached hydrogens (tertiary/aromatic N) is 3. The topological polar surface area (TPSA) is 30.2 Å². The third kappa shape index (κ3) is 3.34. The summed E-state index contributed by atoms with van der Waals surface area (Å²) in [5.74, 6) is 5.83. The predicted molar refractivity (Wildman–Crippen MR) is 232 cm³/mol. The van der Waals surface area contributed by atoms with Crippen LogP contribution in [0.25, 0.3) is 60.3 Å². The molecule has 8 bridgehead atoms. The van der Waals surface area contributed by atoms with Crippen LogP contribution < -0.4 is 0 Å². The Morgan fingerprint density at radius 3 is 1.33 bits per heavy atom. The second-order valence-corrected chi connectivity index (χ2v) is 22.3. The highest BCUT2D eigenvalue weighted by molar-refractivity contribution is 6.33. The van der Waals surface area contributed by atoms with E-state index >= 15 is 0 Å². The fourth-order valence-electron chi connectivity index (χ4n) is 17.3. The van der Waals surface area contributed by atoms with Gasteiger partial charge in [-0.25, -0.2) is 0 Å². The van der Waals surface area contributed by atoms with E-state index < -0.39 is 0 Å². The van der Waals surface area contributed by atoms with E-state index in [1.807, 2.05) is 0 Å². The molecule has 3 nitrogen and oxygen atoms in total. The largest absolute Gasteiger partial charge is 0.305 e. The summed E-state index contributed by atoms with van der Waals surface area (Å²) >= 11 is 0. The van der Waals surface area contributed by atoms with Crippen LogP contribution >= 0.6 is 0 Å². The molecule has 0 saturated heterocycles. The van der Waals surface area contributed by atoms with Crippen molar-refractivity contribution in [3.63, 3.8) is 0 Å². The van der Waals surface area contributed by atoms with Gasteiger partial charge in [-0.2, -0.15) is 0 Å². The number of hydrogen-bond acceptors (Lipinski definition) is 2. The van der Waals surface area contributed by atoms with Crippen molar-refractivity contribution in [3.8, 4) is 22.3 Å². The molecule has 17 rings (SSSR count). The Kier molecular flexibility index (Phi) is 5.44. The van der Waals surface area contributed by atoms with Crippen molar-refractivity contribution in [1.82, 2.24) is 14.4 Å². The van der Waals surface area contributed by atoms with Gasteiger partial charge in [0.15, 0.2) is 0 Å². The predicted octanol–water partition coefficient (Wildman–Crippen LogP) is 13.6. The van der Waals surface area contributed by atoms with Crippen LogP contribution in [0.3, 0.4) is 0 Å². The summed E-state index contributed by atoms with van der Waals surface area (Å²) < 4.78 is 2.75. The second kappa shape index (κ2) is 9.78. The first kappa shape index (κ1) is 31.7. The molecule has 7 aromatic rings. The summed E-state index contributed by atoms with van der Waals surface area (Å²) in [5, 5.41) is 6.21. The molecule has 57 heavy (non-hydrogen) atoms. The minimum atomic E-state index is -0.182. The molecular formula is C54H53N3. The fourth-order valence-corrected chi connectivity index (χ4v) is 17.3. The number of rotatable bonds is 0. The van der Waals surface area contributed by atoms with E-state index in [0.717, 1.165) is 23.7 Å². The molecule has 4 fully saturated rings. The summed E-state index contributed by atoms with van der Waals surface area (Å²) in [6.07, 6.45) is 18.4. The van der Waals surface area contributed by atoms with Gasteiger partial charge in [0.05, 0.1) is 28.9 Å². The molecule has 3 heteroatoms. The average molecular weight is 744 g/mol. The van der Waals surface area contributed by atoms with Gasteiger partial charge in [-0.15, -0.1) is 0 Å². The molecular weight excluding hydrogens is 691 g/mol. The standard InChI is InChI=1S/C54H53N3/c1-52(2)36-12-8-6-10-34(36)42-46-44-38(24-55-49-32-20-26-14-27(21-32)17-30(16-26)40(44)49)57-39-25-56-50-33-22-28-15-29(23-33)19-31(18-28)41(50)45(39)47(51(46)57)43-35-11-7-9-13-37(35)53(3,4)54(52,5)48(42)43/h6-13,24-33H,14-23H2,1-5H3. The second-order valence-electron chi connectivity index (χ2n) is 22.3. The molecule has 284 valence electrons. The first-order valence-corrected chi connectivity index (χ1v) is 22.9. The minimum absolute atomic E-state index is 0.119. The van der Waals surface area contributed by atoms with Crippen molar-refractivity contribution in [1.29, 1.82) is 0 Å². The van der Waals surface area contributed by atoms with Crippen molar-refractivity contribution in [2.45, 2.75) is 139 Å². The Bertz CT molecular complexity index is 2790. The molecule has 10 aliphatic carbocycles. The normalized spacial score (nSPS) is 34.1. The van der Waals surface area contributed by atoms with Crippen molar-refractivity contribution in [2.75, 3.05) is 0 Å². The lowest BCUT2D eigenvalue weighted by Gasteiger charge is -2.61. The van der Waals surface area contributed by atoms with Gasteiger partial charge in [-0.1, -0.05) is 83.1 Å². The molecule has 4 unspecified atom stereocenters. The third-order valence-electron chi connectivity index (χ3n) is 19.5. The van der Waals surface area contributed by atoms with Crippen LogP contribution in [0.15, 0.2) is 60.9 Å². The molecule has 4 aromatic heterocycles. The van der Waals surface area contributed by atoms with Gasteiger partial charge >= 0.3 is 0 Å². The highest BCUT2D eigenvalue weighted by Crippen LogP contribution is 2.71. The highest BCUT2D eigenvalue weighted by Gasteiger charge is 2.62. The molecule has 3 aromatic carbocycles. The van der Waals surface area contributed by atoms with Gasteiger partial charge in [-0.05, 0) is 150 Å². The van der Waals surface area contributed by atoms with E-state index in [-0.39, 0.29) is 16.2 Å². The van der Waals surface area contributed by atoms with E-state index in [9.17, 15) is 0 Å². The first-order valence-electron chi connectivity index (χ1n) is 22.9. The number of benzene rings is 3. The van der Waals surface area contributed by atoms with Gasteiger partial charge in [-0.3, -0.25) is 9.97 Å². The van der Waals surface area contributed by atoms with Crippen molar-refractivity contribution < 1.29 is 0 Å². The molecule has 4 atom stereocenters. The van der Waals surface area contributed by atoms with Crippen LogP contribution in [-0.2, 0) is 16.2 Å². The molecule has 0 radical (unpaired) electrons. The van der Waals surface area contributed by atoms with Crippen LogP contribution in [0, 0.1) is 23.7 Å². The quantitative estimate of drug-likeness (QED) is 0.155. The van der Waals surface area contributed by atoms with Gasteiger partial charge < -0.3 is 4.40 Å². The Morgan fingerprint density at radius 1 is 0.491 bits per heavy atom. The summed E-state index contributed by atoms with van der Waals surface area (Å²) in [7, 11) is 0. The first-order chi connectivity index (χ1) is 27.6. The SMILES string of the molecule is CC1(C)c2ccccc2-c2c3c(c4c5c6c(ncc5n5c7cnc8c(c7c2c45)C2CC4CC(CC8C4)C2)C2CC4CC(C2)CC6C4)-c2ccccc2C(C)(C)C31C. The maximum atomic E-state index is 5.66. The Morgan fingerprint density at radius 2 is 0.895 bits per heavy atom. The fraction of sp³-hybridized carbons (Fsp3) is 0.481. The zero-order chi connectivity index (χ0) is 37.6. The lowest BCUT2D eigenvalue weighted by molar-refractivity contribution is 0.158. The van der Waals surface area contributed by atoms with E-state index in [2.05, 4.69) is 99.9 Å². The smallest absolute Gasteiger partial charge is 0.0728 e. The van der Waals surface area contributed by atoms with Crippen LogP contribution in [0.1, 0.15) is 162 Å². The van der Waals surface area contributed by atoms with E-state index in [0.29, 0.717) is 23.7 Å². The van der Waals surface area contributed by atoms with Crippen molar-refractivity contribution >= 4 is 38.1 Å². The monoisotopic (exact) mass is 743 g/mol. The molecule has 10 aliphatic rings. The van der Waals surface area contributed by atoms with Crippen LogP contribution in [0.5, 0.6) is 0 Å². The summed E-state index contributed by atoms with van der Waals surface area (Å²) in [4.78, 5) is 11.3. The van der Waals surface area contributed by atoms with Gasteiger partial charge in [0, 0.05) is 61.0 Å². The minimum Gasteiger partial charge on any atom is -0.305 e. The number of fused-ring (bicyclic) bond motifs is 12. The average Bonchev–Trinajstić information content (AvgIpc) is 3.59. The lowest BCUT2D eigenvalue weighted by Crippen LogP contribution is -2.58. The highest BCUT2D eigenvalue weighted by atomic mass is 15.0. The summed E-state index contributed by atoms with van der Waals surface area (Å²) in [5.41, 5.74) is 20.6. The molecule has 0 amide bonds. The molecule has 0 aliphatic heterocycles. The van der Waals surface area contributed by atoms with E-state index in [1.165, 1.54) is 126 Å². The molecule has 0 spiro atoms. The Hall–Kier alpha value is -4.24. The maximum Gasteiger partial charge on any atom is 0.0728 e. The Labute approximate surface area is 336 Å². The molecule has 0 N–H and O–H groups in total. The Balaban J connectivity index is 1.24. The van der Waals surface area contributed by atoms with Crippen LogP contribution in [0.2, 0.25) is 0 Å². The van der Waals surface area contributed by atoms with Gasteiger partial charge in [0.1, 0.15) is 0 Å². The zero-order valence-electron chi connectivity index (χ0n) is 34.3. The third-order valence-corrected chi connectivity index (χ3v) is 19.5. The number of hydrogen-bond donors (Lipinski definition) is 0. The summed E-state index contributed by atoms with van der Waals surface area (Å²) in [6.45, 7) is 13.0. The molecule has 4 saturated carbocycles. The van der Waals surface area contributed by atoms with Crippen LogP contribution in [0.4, 0.5) is 0 Å². The van der Waals surface area contributed by atoms with Gasteiger partial charge in [0.25, 0.3) is 0 Å². The van der Waals surface area contributed by atoms with Crippen molar-refractivity contribution in [2.24, 2.45) is 23.7 Å². The van der Waals surface area contributed by atoms with E-state index in [1.54, 1.807) is 38.2 Å². The molecule has 4 heterocycles. The van der Waals surface area contributed by atoms with Crippen molar-refractivity contribution in [3.05, 3.63) is 100 Å². The van der Waals surface area contributed by atoms with E-state index in [4.69, 9.17) is 9.97 Å². The summed E-state index contributed by atoms with van der Waals surface area (Å²) in [6, 6.07) is 19.3. The van der Waals surface area contributed by atoms with Crippen LogP contribution in [-0.4, -0.2) is 14.4 Å². The lowest BCUT2D eigenvalue weighted by atomic mass is 9.41.